The molecule has 1 aliphatic heterocycles. The highest BCUT2D eigenvalue weighted by atomic mass is 19.1. The second-order valence-corrected chi connectivity index (χ2v) is 4.62. The van der Waals surface area contributed by atoms with Gasteiger partial charge in [-0.15, -0.1) is 0 Å². The van der Waals surface area contributed by atoms with Crippen LogP contribution in [-0.4, -0.2) is 36.2 Å². The van der Waals surface area contributed by atoms with Gasteiger partial charge in [-0.3, -0.25) is 0 Å². The van der Waals surface area contributed by atoms with Gasteiger partial charge in [-0.25, -0.2) is 4.39 Å². The van der Waals surface area contributed by atoms with E-state index in [0.717, 1.165) is 25.9 Å². The predicted molar refractivity (Wildman–Crippen MR) is 51.3 cm³/mol. The van der Waals surface area contributed by atoms with Crippen molar-refractivity contribution in [2.45, 2.75) is 43.8 Å². The smallest absolute Gasteiger partial charge is 0.123 e. The lowest BCUT2D eigenvalue weighted by atomic mass is 9.83. The van der Waals surface area contributed by atoms with Crippen LogP contribution in [0.15, 0.2) is 0 Å². The minimum atomic E-state index is -0.920. The van der Waals surface area contributed by atoms with Gasteiger partial charge < -0.3 is 10.6 Å². The summed E-state index contributed by atoms with van der Waals surface area (Å²) in [5.41, 5.74) is 4.83. The number of nitrogens with zero attached hydrogens (tertiary/aromatic N) is 1. The molecule has 1 aliphatic carbocycles. The Morgan fingerprint density at radius 3 is 2.38 bits per heavy atom. The van der Waals surface area contributed by atoms with E-state index in [2.05, 4.69) is 4.90 Å². The number of rotatable bonds is 2. The average molecular weight is 186 g/mol. The van der Waals surface area contributed by atoms with Gasteiger partial charge in [-0.1, -0.05) is 0 Å². The highest BCUT2D eigenvalue weighted by Crippen LogP contribution is 2.33. The number of likely N-dealkylation sites (tertiary alicyclic amines) is 1. The normalized spacial score (nSPS) is 41.5. The number of alkyl halides is 1. The molecule has 1 heterocycles. The predicted octanol–water partition coefficient (Wildman–Crippen LogP) is 1.30. The van der Waals surface area contributed by atoms with Crippen LogP contribution in [0.5, 0.6) is 0 Å². The Morgan fingerprint density at radius 1 is 1.31 bits per heavy atom. The zero-order valence-electron chi connectivity index (χ0n) is 8.14. The van der Waals surface area contributed by atoms with Gasteiger partial charge in [0.1, 0.15) is 5.67 Å². The summed E-state index contributed by atoms with van der Waals surface area (Å²) in [5, 5.41) is 0. The largest absolute Gasteiger partial charge is 0.328 e. The fourth-order valence-corrected chi connectivity index (χ4v) is 2.26. The Bertz CT molecular complexity index is 172. The lowest BCUT2D eigenvalue weighted by molar-refractivity contribution is 0.0273. The van der Waals surface area contributed by atoms with E-state index < -0.39 is 5.67 Å². The fraction of sp³-hybridized carbons (Fsp3) is 1.00. The number of nitrogens with two attached hydrogens (primary N) is 1. The van der Waals surface area contributed by atoms with Crippen molar-refractivity contribution in [1.82, 2.24) is 4.90 Å². The summed E-state index contributed by atoms with van der Waals surface area (Å²) >= 11 is 0. The van der Waals surface area contributed by atoms with E-state index in [1.54, 1.807) is 0 Å². The Kier molecular flexibility index (Phi) is 2.56. The van der Waals surface area contributed by atoms with Gasteiger partial charge in [-0.05, 0) is 45.2 Å². The molecule has 2 nitrogen and oxygen atoms in total. The van der Waals surface area contributed by atoms with Crippen molar-refractivity contribution < 1.29 is 4.39 Å². The number of hydrogen-bond donors (Lipinski definition) is 1. The summed E-state index contributed by atoms with van der Waals surface area (Å²) in [6.45, 7) is 2.84. The molecule has 1 saturated carbocycles. The highest BCUT2D eigenvalue weighted by molar-refractivity contribution is 4.91. The van der Waals surface area contributed by atoms with Crippen LogP contribution < -0.4 is 5.73 Å². The minimum absolute atomic E-state index is 0.250. The van der Waals surface area contributed by atoms with E-state index in [4.69, 9.17) is 5.73 Å². The van der Waals surface area contributed by atoms with Crippen molar-refractivity contribution >= 4 is 0 Å². The molecule has 0 aromatic heterocycles. The van der Waals surface area contributed by atoms with Crippen LogP contribution in [0.2, 0.25) is 0 Å². The molecule has 13 heavy (non-hydrogen) atoms. The van der Waals surface area contributed by atoms with Gasteiger partial charge in [0, 0.05) is 12.6 Å². The third-order valence-electron chi connectivity index (χ3n) is 3.38. The second kappa shape index (κ2) is 3.54. The molecule has 0 radical (unpaired) electrons. The van der Waals surface area contributed by atoms with E-state index in [1.807, 2.05) is 0 Å². The monoisotopic (exact) mass is 186 g/mol. The first-order valence-corrected chi connectivity index (χ1v) is 5.35. The van der Waals surface area contributed by atoms with E-state index in [-0.39, 0.29) is 6.04 Å². The molecule has 0 bridgehead atoms. The van der Waals surface area contributed by atoms with Crippen LogP contribution in [0.1, 0.15) is 32.1 Å². The summed E-state index contributed by atoms with van der Waals surface area (Å²) in [4.78, 5) is 2.22. The van der Waals surface area contributed by atoms with Crippen molar-refractivity contribution in [3.05, 3.63) is 0 Å². The Morgan fingerprint density at radius 2 is 1.92 bits per heavy atom. The lowest BCUT2D eigenvalue weighted by Crippen LogP contribution is -2.49. The van der Waals surface area contributed by atoms with Gasteiger partial charge >= 0.3 is 0 Å². The van der Waals surface area contributed by atoms with E-state index in [0.29, 0.717) is 19.4 Å². The van der Waals surface area contributed by atoms with Gasteiger partial charge in [-0.2, -0.15) is 0 Å². The van der Waals surface area contributed by atoms with Crippen molar-refractivity contribution in [2.75, 3.05) is 19.6 Å². The van der Waals surface area contributed by atoms with Crippen LogP contribution in [0.4, 0.5) is 4.39 Å². The molecule has 2 fully saturated rings. The molecule has 0 aromatic rings. The summed E-state index contributed by atoms with van der Waals surface area (Å²) in [5.74, 6) is 0. The Hall–Kier alpha value is -0.150. The molecule has 1 saturated heterocycles. The topological polar surface area (TPSA) is 29.3 Å². The van der Waals surface area contributed by atoms with Crippen LogP contribution in [0, 0.1) is 0 Å². The molecule has 2 N–H and O–H groups in total. The summed E-state index contributed by atoms with van der Waals surface area (Å²) in [6, 6.07) is 0.250. The molecular weight excluding hydrogens is 167 g/mol. The molecule has 0 unspecified atom stereocenters. The molecule has 0 aromatic carbocycles. The fourth-order valence-electron chi connectivity index (χ4n) is 2.26. The number of hydrogen-bond acceptors (Lipinski definition) is 2. The summed E-state index contributed by atoms with van der Waals surface area (Å²) in [7, 11) is 0. The lowest BCUT2D eigenvalue weighted by Gasteiger charge is -2.40. The number of halogens is 1. The van der Waals surface area contributed by atoms with E-state index in [1.165, 1.54) is 6.42 Å². The second-order valence-electron chi connectivity index (χ2n) is 4.62. The quantitative estimate of drug-likeness (QED) is 0.704. The maximum Gasteiger partial charge on any atom is 0.123 e. The third kappa shape index (κ3) is 2.20. The summed E-state index contributed by atoms with van der Waals surface area (Å²) in [6.07, 6.45) is 4.32. The van der Waals surface area contributed by atoms with Crippen LogP contribution in [0.3, 0.4) is 0 Å². The van der Waals surface area contributed by atoms with Crippen LogP contribution in [-0.2, 0) is 0 Å². The first kappa shape index (κ1) is 9.41. The van der Waals surface area contributed by atoms with Gasteiger partial charge in [0.15, 0.2) is 0 Å². The van der Waals surface area contributed by atoms with Gasteiger partial charge in [0.2, 0.25) is 0 Å². The first-order valence-electron chi connectivity index (χ1n) is 5.35. The Balaban J connectivity index is 1.81. The average Bonchev–Trinajstić information content (AvgIpc) is 2.05. The van der Waals surface area contributed by atoms with Crippen LogP contribution >= 0.6 is 0 Å². The van der Waals surface area contributed by atoms with Crippen molar-refractivity contribution in [3.8, 4) is 0 Å². The highest BCUT2D eigenvalue weighted by Gasteiger charge is 2.36. The Labute approximate surface area is 79.3 Å². The molecule has 2 aliphatic rings. The van der Waals surface area contributed by atoms with Gasteiger partial charge in [0.25, 0.3) is 0 Å². The molecule has 2 rings (SSSR count). The van der Waals surface area contributed by atoms with Gasteiger partial charge in [0.05, 0.1) is 0 Å². The molecule has 0 atom stereocenters. The zero-order chi connectivity index (χ0) is 9.31. The maximum atomic E-state index is 14.1. The zero-order valence-corrected chi connectivity index (χ0v) is 8.14. The molecule has 0 spiro atoms. The minimum Gasteiger partial charge on any atom is -0.328 e. The van der Waals surface area contributed by atoms with E-state index >= 15 is 0 Å². The summed E-state index contributed by atoms with van der Waals surface area (Å²) < 4.78 is 14.1. The van der Waals surface area contributed by atoms with Crippen molar-refractivity contribution in [2.24, 2.45) is 5.73 Å². The molecule has 76 valence electrons. The third-order valence-corrected chi connectivity index (χ3v) is 3.38. The molecule has 3 heteroatoms. The van der Waals surface area contributed by atoms with E-state index in [9.17, 15) is 4.39 Å². The first-order chi connectivity index (χ1) is 6.18. The molecular formula is C10H19FN2. The van der Waals surface area contributed by atoms with Crippen LogP contribution in [0.25, 0.3) is 0 Å². The SMILES string of the molecule is NC1CCC(F)(CN2CCC2)CC1. The standard InChI is InChI=1S/C10H19FN2/c11-10(8-13-6-1-7-13)4-2-9(12)3-5-10/h9H,1-8,12H2. The van der Waals surface area contributed by atoms with Crippen molar-refractivity contribution in [1.29, 1.82) is 0 Å². The molecule has 0 amide bonds. The maximum absolute atomic E-state index is 14.1. The van der Waals surface area contributed by atoms with Crippen molar-refractivity contribution in [3.63, 3.8) is 0 Å².